The first-order valence-corrected chi connectivity index (χ1v) is 14.8. The zero-order chi connectivity index (χ0) is 27.2. The van der Waals surface area contributed by atoms with Crippen molar-refractivity contribution in [1.82, 2.24) is 14.8 Å². The van der Waals surface area contributed by atoms with Crippen LogP contribution in [0.2, 0.25) is 0 Å². The highest BCUT2D eigenvalue weighted by atomic mass is 32.2. The van der Waals surface area contributed by atoms with Gasteiger partial charge in [-0.2, -0.15) is 0 Å². The van der Waals surface area contributed by atoms with E-state index in [2.05, 4.69) is 39.9 Å². The second kappa shape index (κ2) is 12.5. The SMILES string of the molecule is COC(=O)c1c(NC(=O)CCSc2nnc(CNc3cccc(C)c3)n2-c2ccccc2)sc2c1CCCC2. The van der Waals surface area contributed by atoms with E-state index >= 15 is 0 Å². The van der Waals surface area contributed by atoms with Crippen LogP contribution in [0.5, 0.6) is 0 Å². The van der Waals surface area contributed by atoms with Gasteiger partial charge in [-0.25, -0.2) is 4.79 Å². The molecular formula is C29H31N5O3S2. The molecule has 0 aliphatic heterocycles. The van der Waals surface area contributed by atoms with Crippen molar-refractivity contribution in [2.45, 2.75) is 50.7 Å². The summed E-state index contributed by atoms with van der Waals surface area (Å²) < 4.78 is 7.04. The molecule has 2 N–H and O–H groups in total. The average Bonchev–Trinajstić information content (AvgIpc) is 3.52. The number of anilines is 2. The van der Waals surface area contributed by atoms with Gasteiger partial charge in [0.1, 0.15) is 5.00 Å². The number of rotatable bonds is 10. The molecule has 39 heavy (non-hydrogen) atoms. The molecule has 0 radical (unpaired) electrons. The second-order valence-electron chi connectivity index (χ2n) is 9.35. The fraction of sp³-hybridized carbons (Fsp3) is 0.310. The first-order chi connectivity index (χ1) is 19.0. The van der Waals surface area contributed by atoms with Crippen LogP contribution in [0.4, 0.5) is 10.7 Å². The number of benzene rings is 2. The Morgan fingerprint density at radius 3 is 2.69 bits per heavy atom. The summed E-state index contributed by atoms with van der Waals surface area (Å²) in [6, 6.07) is 18.2. The number of hydrogen-bond acceptors (Lipinski definition) is 8. The van der Waals surface area contributed by atoms with E-state index in [4.69, 9.17) is 4.74 Å². The van der Waals surface area contributed by atoms with Crippen LogP contribution in [-0.4, -0.2) is 39.5 Å². The van der Waals surface area contributed by atoms with Gasteiger partial charge in [0.25, 0.3) is 0 Å². The third-order valence-electron chi connectivity index (χ3n) is 6.56. The summed E-state index contributed by atoms with van der Waals surface area (Å²) in [5.41, 5.74) is 4.71. The molecule has 0 saturated heterocycles. The van der Waals surface area contributed by atoms with E-state index in [9.17, 15) is 9.59 Å². The van der Waals surface area contributed by atoms with E-state index in [0.717, 1.165) is 53.6 Å². The highest BCUT2D eigenvalue weighted by Gasteiger charge is 2.27. The number of nitrogens with one attached hydrogen (secondary N) is 2. The maximum atomic E-state index is 12.9. The molecule has 1 aliphatic carbocycles. The summed E-state index contributed by atoms with van der Waals surface area (Å²) >= 11 is 2.98. The van der Waals surface area contributed by atoms with Gasteiger partial charge in [-0.05, 0) is 68.0 Å². The van der Waals surface area contributed by atoms with Crippen molar-refractivity contribution in [2.75, 3.05) is 23.5 Å². The Morgan fingerprint density at radius 1 is 1.08 bits per heavy atom. The van der Waals surface area contributed by atoms with Crippen LogP contribution in [0.1, 0.15) is 51.4 Å². The molecule has 0 fully saturated rings. The van der Waals surface area contributed by atoms with E-state index in [-0.39, 0.29) is 18.3 Å². The Bertz CT molecular complexity index is 1470. The van der Waals surface area contributed by atoms with Gasteiger partial charge in [-0.1, -0.05) is 42.1 Å². The minimum absolute atomic E-state index is 0.140. The minimum atomic E-state index is -0.387. The summed E-state index contributed by atoms with van der Waals surface area (Å²) in [5.74, 6) is 0.766. The van der Waals surface area contributed by atoms with E-state index in [1.54, 1.807) is 0 Å². The summed E-state index contributed by atoms with van der Waals surface area (Å²) in [4.78, 5) is 26.6. The number of thiophene rings is 1. The molecule has 1 amide bonds. The molecule has 0 unspecified atom stereocenters. The molecule has 2 heterocycles. The molecule has 8 nitrogen and oxygen atoms in total. The number of ether oxygens (including phenoxy) is 1. The lowest BCUT2D eigenvalue weighted by Crippen LogP contribution is -2.15. The Hall–Kier alpha value is -3.63. The van der Waals surface area contributed by atoms with Crippen molar-refractivity contribution in [2.24, 2.45) is 0 Å². The molecule has 0 spiro atoms. The normalized spacial score (nSPS) is 12.6. The first-order valence-electron chi connectivity index (χ1n) is 13.0. The number of thioether (sulfide) groups is 1. The van der Waals surface area contributed by atoms with Gasteiger partial charge in [-0.3, -0.25) is 9.36 Å². The number of aromatic nitrogens is 3. The molecule has 1 aliphatic rings. The topological polar surface area (TPSA) is 98.1 Å². The number of aryl methyl sites for hydroxylation is 2. The van der Waals surface area contributed by atoms with Crippen molar-refractivity contribution in [3.8, 4) is 5.69 Å². The number of carbonyl (C=O) groups is 2. The molecule has 2 aromatic heterocycles. The Kier molecular flexibility index (Phi) is 8.63. The van der Waals surface area contributed by atoms with Crippen LogP contribution < -0.4 is 10.6 Å². The van der Waals surface area contributed by atoms with Crippen LogP contribution in [0.25, 0.3) is 5.69 Å². The highest BCUT2D eigenvalue weighted by Crippen LogP contribution is 2.38. The van der Waals surface area contributed by atoms with E-state index < -0.39 is 0 Å². The molecule has 5 rings (SSSR count). The van der Waals surface area contributed by atoms with Crippen molar-refractivity contribution in [1.29, 1.82) is 0 Å². The average molecular weight is 562 g/mol. The number of para-hydroxylation sites is 1. The summed E-state index contributed by atoms with van der Waals surface area (Å²) in [6.45, 7) is 2.57. The summed E-state index contributed by atoms with van der Waals surface area (Å²) in [7, 11) is 1.38. The quantitative estimate of drug-likeness (QED) is 0.180. The van der Waals surface area contributed by atoms with Gasteiger partial charge < -0.3 is 15.4 Å². The second-order valence-corrected chi connectivity index (χ2v) is 11.5. The van der Waals surface area contributed by atoms with E-state index in [0.29, 0.717) is 22.9 Å². The number of nitrogens with zero attached hydrogens (tertiary/aromatic N) is 3. The maximum absolute atomic E-state index is 12.9. The molecule has 0 bridgehead atoms. The predicted octanol–water partition coefficient (Wildman–Crippen LogP) is 6.04. The van der Waals surface area contributed by atoms with Gasteiger partial charge in [-0.15, -0.1) is 21.5 Å². The van der Waals surface area contributed by atoms with Crippen molar-refractivity contribution < 1.29 is 14.3 Å². The predicted molar refractivity (Wildman–Crippen MR) is 156 cm³/mol. The largest absolute Gasteiger partial charge is 0.465 e. The number of carbonyl (C=O) groups excluding carboxylic acids is 2. The zero-order valence-electron chi connectivity index (χ0n) is 22.0. The van der Waals surface area contributed by atoms with Crippen LogP contribution in [0.3, 0.4) is 0 Å². The highest BCUT2D eigenvalue weighted by molar-refractivity contribution is 7.99. The first kappa shape index (κ1) is 27.0. The fourth-order valence-corrected chi connectivity index (χ4v) is 6.88. The third kappa shape index (κ3) is 6.34. The smallest absolute Gasteiger partial charge is 0.341 e. The Morgan fingerprint density at radius 2 is 1.90 bits per heavy atom. The lowest BCUT2D eigenvalue weighted by Gasteiger charge is -2.12. The van der Waals surface area contributed by atoms with Crippen LogP contribution in [-0.2, 0) is 28.9 Å². The molecule has 0 saturated carbocycles. The molecule has 4 aromatic rings. The van der Waals surface area contributed by atoms with Gasteiger partial charge in [0.2, 0.25) is 5.91 Å². The van der Waals surface area contributed by atoms with Gasteiger partial charge in [0.15, 0.2) is 11.0 Å². The molecule has 202 valence electrons. The summed E-state index contributed by atoms with van der Waals surface area (Å²) in [5, 5.41) is 16.6. The van der Waals surface area contributed by atoms with Gasteiger partial charge >= 0.3 is 5.97 Å². The van der Waals surface area contributed by atoms with Crippen molar-refractivity contribution in [3.63, 3.8) is 0 Å². The van der Waals surface area contributed by atoms with Crippen molar-refractivity contribution in [3.05, 3.63) is 82.0 Å². The number of amides is 1. The molecule has 0 atom stereocenters. The Balaban J connectivity index is 1.26. The Labute approximate surface area is 236 Å². The van der Waals surface area contributed by atoms with Gasteiger partial charge in [0, 0.05) is 28.4 Å². The zero-order valence-corrected chi connectivity index (χ0v) is 23.7. The number of fused-ring (bicyclic) bond motifs is 1. The fourth-order valence-electron chi connectivity index (χ4n) is 4.68. The maximum Gasteiger partial charge on any atom is 0.341 e. The van der Waals surface area contributed by atoms with Crippen LogP contribution >= 0.6 is 23.1 Å². The number of esters is 1. The van der Waals surface area contributed by atoms with Crippen molar-refractivity contribution >= 4 is 45.7 Å². The van der Waals surface area contributed by atoms with Crippen LogP contribution in [0, 0.1) is 6.92 Å². The standard InChI is InChI=1S/C29H31N5O3S2/c1-19-9-8-10-20(17-19)30-18-24-32-33-29(34(24)21-11-4-3-5-12-21)38-16-15-25(35)31-27-26(28(36)37-2)22-13-6-7-14-23(22)39-27/h3-5,8-12,17,30H,6-7,13-16,18H2,1-2H3,(H,31,35). The van der Waals surface area contributed by atoms with Gasteiger partial charge in [0.05, 0.1) is 19.2 Å². The number of hydrogen-bond donors (Lipinski definition) is 2. The lowest BCUT2D eigenvalue weighted by molar-refractivity contribution is -0.115. The number of methoxy groups -OCH3 is 1. The van der Waals surface area contributed by atoms with E-state index in [1.807, 2.05) is 47.0 Å². The molecule has 2 aromatic carbocycles. The van der Waals surface area contributed by atoms with E-state index in [1.165, 1.54) is 40.6 Å². The monoisotopic (exact) mass is 561 g/mol. The summed E-state index contributed by atoms with van der Waals surface area (Å²) in [6.07, 6.45) is 4.20. The minimum Gasteiger partial charge on any atom is -0.465 e. The molecule has 10 heteroatoms. The lowest BCUT2D eigenvalue weighted by atomic mass is 9.95. The van der Waals surface area contributed by atoms with Crippen LogP contribution in [0.15, 0.2) is 59.8 Å². The molecular weight excluding hydrogens is 530 g/mol. The third-order valence-corrected chi connectivity index (χ3v) is 8.70.